The zero-order valence-electron chi connectivity index (χ0n) is 17.0. The van der Waals surface area contributed by atoms with Crippen molar-refractivity contribution in [3.05, 3.63) is 37.1 Å². The van der Waals surface area contributed by atoms with E-state index in [1.54, 1.807) is 15.6 Å². The van der Waals surface area contributed by atoms with Gasteiger partial charge in [0.05, 0.1) is 35.4 Å². The number of nitrogens with zero attached hydrogens (tertiary/aromatic N) is 7. The molecule has 3 N–H and O–H groups in total. The number of hydrogen-bond donors (Lipinski definition) is 3. The Balaban J connectivity index is 1.55. The average Bonchev–Trinajstić information content (AvgIpc) is 3.44. The quantitative estimate of drug-likeness (QED) is 0.466. The summed E-state index contributed by atoms with van der Waals surface area (Å²) in [5.74, 6) is 1.28. The maximum absolute atomic E-state index is 9.85. The molecule has 4 aromatic rings. The Labute approximate surface area is 173 Å². The van der Waals surface area contributed by atoms with Crippen molar-refractivity contribution in [1.82, 2.24) is 34.1 Å². The van der Waals surface area contributed by atoms with E-state index in [9.17, 15) is 5.11 Å². The summed E-state index contributed by atoms with van der Waals surface area (Å²) in [5.41, 5.74) is 3.52. The number of aromatic nitrogens is 7. The third kappa shape index (κ3) is 3.61. The number of hydrogen-bond acceptors (Lipinski definition) is 7. The summed E-state index contributed by atoms with van der Waals surface area (Å²) in [5, 5.41) is 25.2. The van der Waals surface area contributed by atoms with Crippen molar-refractivity contribution >= 4 is 28.5 Å². The van der Waals surface area contributed by atoms with Gasteiger partial charge in [-0.1, -0.05) is 0 Å². The third-order valence-corrected chi connectivity index (χ3v) is 5.50. The number of anilines is 3. The van der Waals surface area contributed by atoms with Gasteiger partial charge in [-0.2, -0.15) is 15.2 Å². The van der Waals surface area contributed by atoms with E-state index >= 15 is 0 Å². The number of nitrogens with one attached hydrogen (secondary N) is 2. The van der Waals surface area contributed by atoms with Gasteiger partial charge in [0.15, 0.2) is 5.82 Å². The number of fused-ring (bicyclic) bond motifs is 1. The molecule has 5 rings (SSSR count). The lowest BCUT2D eigenvalue weighted by molar-refractivity contribution is 0.126. The lowest BCUT2D eigenvalue weighted by atomic mass is 9.93. The van der Waals surface area contributed by atoms with Crippen molar-refractivity contribution in [1.29, 1.82) is 0 Å². The molecule has 0 amide bonds. The summed E-state index contributed by atoms with van der Waals surface area (Å²) in [7, 11) is 3.77. The van der Waals surface area contributed by atoms with Gasteiger partial charge in [-0.3, -0.25) is 9.36 Å². The third-order valence-electron chi connectivity index (χ3n) is 5.50. The monoisotopic (exact) mass is 407 g/mol. The first-order chi connectivity index (χ1) is 14.5. The topological polar surface area (TPSA) is 111 Å². The Morgan fingerprint density at radius 2 is 1.77 bits per heavy atom. The van der Waals surface area contributed by atoms with Gasteiger partial charge in [0.2, 0.25) is 5.95 Å². The smallest absolute Gasteiger partial charge is 0.229 e. The molecule has 0 atom stereocenters. The molecular formula is C20H25N9O. The second-order valence-corrected chi connectivity index (χ2v) is 7.87. The predicted octanol–water partition coefficient (Wildman–Crippen LogP) is 2.35. The summed E-state index contributed by atoms with van der Waals surface area (Å²) in [6, 6.07) is 2.24. The van der Waals surface area contributed by atoms with Crippen molar-refractivity contribution in [3.8, 4) is 5.69 Å². The van der Waals surface area contributed by atoms with E-state index in [1.165, 1.54) is 0 Å². The first-order valence-electron chi connectivity index (χ1n) is 10.1. The van der Waals surface area contributed by atoms with Crippen LogP contribution in [0.3, 0.4) is 0 Å². The Kier molecular flexibility index (Phi) is 4.62. The molecule has 0 aromatic carbocycles. The molecule has 0 bridgehead atoms. The van der Waals surface area contributed by atoms with Crippen LogP contribution < -0.4 is 10.6 Å². The van der Waals surface area contributed by atoms with E-state index in [1.807, 2.05) is 44.9 Å². The molecule has 0 saturated heterocycles. The zero-order chi connectivity index (χ0) is 20.7. The van der Waals surface area contributed by atoms with E-state index < -0.39 is 0 Å². The first kappa shape index (κ1) is 18.6. The predicted molar refractivity (Wildman–Crippen MR) is 114 cm³/mol. The van der Waals surface area contributed by atoms with Gasteiger partial charge in [-0.15, -0.1) is 0 Å². The highest BCUT2D eigenvalue weighted by atomic mass is 16.3. The zero-order valence-corrected chi connectivity index (χ0v) is 17.0. The van der Waals surface area contributed by atoms with Crippen molar-refractivity contribution in [3.63, 3.8) is 0 Å². The molecule has 1 aliphatic rings. The number of aliphatic hydroxyl groups is 1. The maximum atomic E-state index is 9.85. The highest BCUT2D eigenvalue weighted by Gasteiger charge is 2.22. The maximum Gasteiger partial charge on any atom is 0.229 e. The van der Waals surface area contributed by atoms with Crippen LogP contribution >= 0.6 is 0 Å². The molecular weight excluding hydrogens is 382 g/mol. The molecule has 1 fully saturated rings. The largest absolute Gasteiger partial charge is 0.393 e. The van der Waals surface area contributed by atoms with E-state index in [0.29, 0.717) is 5.95 Å². The minimum Gasteiger partial charge on any atom is -0.393 e. The van der Waals surface area contributed by atoms with Gasteiger partial charge in [0.1, 0.15) is 5.52 Å². The molecule has 156 valence electrons. The normalized spacial score (nSPS) is 19.3. The Bertz CT molecular complexity index is 1170. The second-order valence-electron chi connectivity index (χ2n) is 7.87. The summed E-state index contributed by atoms with van der Waals surface area (Å²) in [6.07, 6.45) is 12.6. The number of rotatable bonds is 5. The summed E-state index contributed by atoms with van der Waals surface area (Å²) in [6.45, 7) is 0. The van der Waals surface area contributed by atoms with Crippen LogP contribution in [-0.4, -0.2) is 51.3 Å². The number of aryl methyl sites for hydroxylation is 2. The van der Waals surface area contributed by atoms with Gasteiger partial charge < -0.3 is 20.3 Å². The van der Waals surface area contributed by atoms with Crippen molar-refractivity contribution < 1.29 is 5.11 Å². The van der Waals surface area contributed by atoms with Gasteiger partial charge in [0.25, 0.3) is 0 Å². The molecule has 4 heterocycles. The van der Waals surface area contributed by atoms with Crippen LogP contribution in [-0.2, 0) is 14.1 Å². The highest BCUT2D eigenvalue weighted by molar-refractivity contribution is 5.89. The van der Waals surface area contributed by atoms with Crippen LogP contribution in [0.2, 0.25) is 0 Å². The van der Waals surface area contributed by atoms with Crippen LogP contribution in [0.1, 0.15) is 25.7 Å². The lowest BCUT2D eigenvalue weighted by Gasteiger charge is -2.27. The Morgan fingerprint density at radius 3 is 2.47 bits per heavy atom. The summed E-state index contributed by atoms with van der Waals surface area (Å²) in [4.78, 5) is 9.51. The molecule has 0 radical (unpaired) electrons. The Hall–Kier alpha value is -3.40. The van der Waals surface area contributed by atoms with E-state index in [0.717, 1.165) is 53.9 Å². The average molecular weight is 407 g/mol. The SMILES string of the molecule is Cn1cc(Nc2nc(N[C@H]3CC[C@H](O)CC3)c3c(ccn3-c3cnn(C)c3)n2)cn1. The van der Waals surface area contributed by atoms with Crippen LogP contribution in [0.5, 0.6) is 0 Å². The van der Waals surface area contributed by atoms with Gasteiger partial charge in [0, 0.05) is 38.7 Å². The molecule has 0 spiro atoms. The molecule has 0 aliphatic heterocycles. The minimum absolute atomic E-state index is 0.199. The highest BCUT2D eigenvalue weighted by Crippen LogP contribution is 2.30. The summed E-state index contributed by atoms with van der Waals surface area (Å²) >= 11 is 0. The van der Waals surface area contributed by atoms with Crippen LogP contribution in [0.15, 0.2) is 37.1 Å². The lowest BCUT2D eigenvalue weighted by Crippen LogP contribution is -2.28. The van der Waals surface area contributed by atoms with Gasteiger partial charge in [-0.05, 0) is 31.7 Å². The van der Waals surface area contributed by atoms with Crippen LogP contribution in [0.25, 0.3) is 16.7 Å². The molecule has 1 aliphatic carbocycles. The molecule has 1 saturated carbocycles. The Morgan fingerprint density at radius 1 is 1.00 bits per heavy atom. The van der Waals surface area contributed by atoms with E-state index in [2.05, 4.69) is 25.4 Å². The fraction of sp³-hybridized carbons (Fsp3) is 0.400. The van der Waals surface area contributed by atoms with Crippen molar-refractivity contribution in [2.75, 3.05) is 10.6 Å². The molecule has 0 unspecified atom stereocenters. The van der Waals surface area contributed by atoms with Crippen LogP contribution in [0, 0.1) is 0 Å². The molecule has 10 nitrogen and oxygen atoms in total. The molecule has 4 aromatic heterocycles. The summed E-state index contributed by atoms with van der Waals surface area (Å²) < 4.78 is 5.55. The second kappa shape index (κ2) is 7.45. The fourth-order valence-corrected chi connectivity index (χ4v) is 3.98. The number of aliphatic hydroxyl groups excluding tert-OH is 1. The molecule has 10 heteroatoms. The van der Waals surface area contributed by atoms with Crippen molar-refractivity contribution in [2.24, 2.45) is 14.1 Å². The van der Waals surface area contributed by atoms with Crippen molar-refractivity contribution in [2.45, 2.75) is 37.8 Å². The minimum atomic E-state index is -0.199. The van der Waals surface area contributed by atoms with Gasteiger partial charge in [-0.25, -0.2) is 4.98 Å². The first-order valence-corrected chi connectivity index (χ1v) is 10.1. The standard InChI is InChI=1S/C20H25N9O/c1-27-11-14(9-21-27)24-20-25-17-7-8-29(15-10-22-28(2)12-15)18(17)19(26-20)23-13-3-5-16(30)6-4-13/h7-13,16,30H,3-6H2,1-2H3,(H2,23,24,25,26)/t13-,16-. The van der Waals surface area contributed by atoms with Gasteiger partial charge >= 0.3 is 0 Å². The molecule has 30 heavy (non-hydrogen) atoms. The van der Waals surface area contributed by atoms with E-state index in [-0.39, 0.29) is 12.1 Å². The van der Waals surface area contributed by atoms with Crippen LogP contribution in [0.4, 0.5) is 17.5 Å². The fourth-order valence-electron chi connectivity index (χ4n) is 3.98. The van der Waals surface area contributed by atoms with E-state index in [4.69, 9.17) is 9.97 Å².